The van der Waals surface area contributed by atoms with Gasteiger partial charge in [0.25, 0.3) is 0 Å². The molecule has 18 heavy (non-hydrogen) atoms. The molecule has 1 amide bonds. The zero-order valence-corrected chi connectivity index (χ0v) is 10.0. The molecule has 0 aromatic carbocycles. The normalized spacial score (nSPS) is 13.4. The van der Waals surface area contributed by atoms with E-state index in [2.05, 4.69) is 5.32 Å². The van der Waals surface area contributed by atoms with E-state index in [4.69, 9.17) is 15.3 Å². The number of hydrogen-bond donors (Lipinski definition) is 1. The second-order valence-corrected chi connectivity index (χ2v) is 3.38. The molecule has 1 aliphatic carbocycles. The molecule has 0 atom stereocenters. The van der Waals surface area contributed by atoms with Crippen LogP contribution < -0.4 is 5.32 Å². The third-order valence-electron chi connectivity index (χ3n) is 2.14. The van der Waals surface area contributed by atoms with Gasteiger partial charge >= 0.3 is 0 Å². The number of methoxy groups -OCH3 is 1. The summed E-state index contributed by atoms with van der Waals surface area (Å²) < 4.78 is 5.11. The smallest absolute Gasteiger partial charge is 0.221 e. The average Bonchev–Trinajstić information content (AvgIpc) is 2.53. The number of rotatable bonds is 2. The fourth-order valence-corrected chi connectivity index (χ4v) is 1.38. The van der Waals surface area contributed by atoms with E-state index in [1.807, 2.05) is 0 Å². The lowest BCUT2D eigenvalue weighted by atomic mass is 10.1. The van der Waals surface area contributed by atoms with Crippen molar-refractivity contribution in [2.45, 2.75) is 6.92 Å². The highest BCUT2D eigenvalue weighted by Crippen LogP contribution is 2.20. The van der Waals surface area contributed by atoms with E-state index in [0.29, 0.717) is 17.0 Å². The number of carbonyl (C=O) groups excluding carboxylic acids is 1. The summed E-state index contributed by atoms with van der Waals surface area (Å²) in [7, 11) is 1.45. The molecule has 0 aromatic heterocycles. The molecule has 0 fully saturated rings. The SMILES string of the molecule is COC1=CC=C(NC(C)=O)C=CC1=C(C#N)C#N. The predicted octanol–water partition coefficient (Wildman–Crippen LogP) is 1.45. The number of hydrogen-bond acceptors (Lipinski definition) is 4. The molecule has 1 rings (SSSR count). The monoisotopic (exact) mass is 241 g/mol. The Morgan fingerprint density at radius 2 is 1.94 bits per heavy atom. The maximum atomic E-state index is 10.9. The van der Waals surface area contributed by atoms with Crippen molar-refractivity contribution in [1.29, 1.82) is 10.5 Å². The third-order valence-corrected chi connectivity index (χ3v) is 2.14. The number of ether oxygens (including phenoxy) is 1. The Balaban J connectivity index is 3.24. The molecule has 5 nitrogen and oxygen atoms in total. The molecular weight excluding hydrogens is 230 g/mol. The van der Waals surface area contributed by atoms with Crippen molar-refractivity contribution < 1.29 is 9.53 Å². The molecule has 0 spiro atoms. The van der Waals surface area contributed by atoms with Gasteiger partial charge in [0.2, 0.25) is 5.91 Å². The Bertz CT molecular complexity index is 550. The van der Waals surface area contributed by atoms with Gasteiger partial charge in [-0.15, -0.1) is 0 Å². The van der Waals surface area contributed by atoms with Gasteiger partial charge in [0.1, 0.15) is 23.5 Å². The second-order valence-electron chi connectivity index (χ2n) is 3.38. The topological polar surface area (TPSA) is 85.9 Å². The Labute approximate surface area is 105 Å². The van der Waals surface area contributed by atoms with E-state index in [1.54, 1.807) is 36.4 Å². The lowest BCUT2D eigenvalue weighted by Gasteiger charge is -2.04. The van der Waals surface area contributed by atoms with Gasteiger partial charge in [0.15, 0.2) is 0 Å². The van der Waals surface area contributed by atoms with E-state index in [-0.39, 0.29) is 11.5 Å². The third kappa shape index (κ3) is 3.10. The molecule has 0 radical (unpaired) electrons. The first-order valence-corrected chi connectivity index (χ1v) is 5.09. The van der Waals surface area contributed by atoms with Crippen LogP contribution in [-0.2, 0) is 9.53 Å². The van der Waals surface area contributed by atoms with Crippen LogP contribution in [0.3, 0.4) is 0 Å². The number of nitrogens with zero attached hydrogens (tertiary/aromatic N) is 2. The van der Waals surface area contributed by atoms with Crippen molar-refractivity contribution in [2.24, 2.45) is 0 Å². The van der Waals surface area contributed by atoms with Crippen molar-refractivity contribution in [3.05, 3.63) is 46.9 Å². The van der Waals surface area contributed by atoms with Crippen molar-refractivity contribution in [3.8, 4) is 12.1 Å². The fourth-order valence-electron chi connectivity index (χ4n) is 1.38. The van der Waals surface area contributed by atoms with Crippen LogP contribution in [0.1, 0.15) is 6.92 Å². The summed E-state index contributed by atoms with van der Waals surface area (Å²) in [6.45, 7) is 1.40. The highest BCUT2D eigenvalue weighted by molar-refractivity contribution is 5.76. The quantitative estimate of drug-likeness (QED) is 0.741. The molecule has 1 N–H and O–H groups in total. The summed E-state index contributed by atoms with van der Waals surface area (Å²) >= 11 is 0. The molecular formula is C13H11N3O2. The first-order valence-electron chi connectivity index (χ1n) is 5.09. The van der Waals surface area contributed by atoms with E-state index < -0.39 is 0 Å². The van der Waals surface area contributed by atoms with Crippen LogP contribution >= 0.6 is 0 Å². The lowest BCUT2D eigenvalue weighted by Crippen LogP contribution is -2.17. The van der Waals surface area contributed by atoms with E-state index in [0.717, 1.165) is 0 Å². The Kier molecular flexibility index (Phi) is 4.48. The first-order chi connectivity index (χ1) is 8.62. The molecule has 0 heterocycles. The van der Waals surface area contributed by atoms with E-state index in [1.165, 1.54) is 14.0 Å². The summed E-state index contributed by atoms with van der Waals surface area (Å²) in [4.78, 5) is 10.9. The molecule has 0 bridgehead atoms. The number of nitriles is 2. The Morgan fingerprint density at radius 1 is 1.28 bits per heavy atom. The molecule has 90 valence electrons. The van der Waals surface area contributed by atoms with Gasteiger partial charge in [-0.25, -0.2) is 0 Å². The number of amides is 1. The molecule has 1 aliphatic rings. The van der Waals surface area contributed by atoms with Gasteiger partial charge in [-0.05, 0) is 24.3 Å². The van der Waals surface area contributed by atoms with Crippen molar-refractivity contribution in [3.63, 3.8) is 0 Å². The zero-order chi connectivity index (χ0) is 13.5. The summed E-state index contributed by atoms with van der Waals surface area (Å²) in [5.74, 6) is 0.191. The van der Waals surface area contributed by atoms with Gasteiger partial charge < -0.3 is 10.1 Å². The van der Waals surface area contributed by atoms with Crippen LogP contribution in [0.25, 0.3) is 0 Å². The van der Waals surface area contributed by atoms with Gasteiger partial charge in [-0.3, -0.25) is 4.79 Å². The lowest BCUT2D eigenvalue weighted by molar-refractivity contribution is -0.118. The van der Waals surface area contributed by atoms with Crippen LogP contribution in [0, 0.1) is 22.7 Å². The highest BCUT2D eigenvalue weighted by Gasteiger charge is 2.11. The highest BCUT2D eigenvalue weighted by atomic mass is 16.5. The van der Waals surface area contributed by atoms with Gasteiger partial charge in [-0.2, -0.15) is 10.5 Å². The minimum atomic E-state index is -0.202. The molecule has 5 heteroatoms. The molecule has 0 aliphatic heterocycles. The van der Waals surface area contributed by atoms with E-state index in [9.17, 15) is 4.79 Å². The van der Waals surface area contributed by atoms with Crippen molar-refractivity contribution in [2.75, 3.05) is 7.11 Å². The first kappa shape index (κ1) is 13.3. The summed E-state index contributed by atoms with van der Waals surface area (Å²) in [6, 6.07) is 3.61. The molecule has 0 saturated carbocycles. The minimum absolute atomic E-state index is 0.0446. The molecule has 0 aromatic rings. The van der Waals surface area contributed by atoms with Crippen LogP contribution in [-0.4, -0.2) is 13.0 Å². The van der Waals surface area contributed by atoms with Gasteiger partial charge in [0.05, 0.1) is 7.11 Å². The average molecular weight is 241 g/mol. The van der Waals surface area contributed by atoms with Crippen LogP contribution in [0.4, 0.5) is 0 Å². The van der Waals surface area contributed by atoms with Crippen LogP contribution in [0.15, 0.2) is 46.9 Å². The summed E-state index contributed by atoms with van der Waals surface area (Å²) in [5.41, 5.74) is 0.901. The maximum Gasteiger partial charge on any atom is 0.221 e. The van der Waals surface area contributed by atoms with Crippen molar-refractivity contribution >= 4 is 5.91 Å². The van der Waals surface area contributed by atoms with Gasteiger partial charge in [-0.1, -0.05) is 0 Å². The second kappa shape index (κ2) is 6.07. The number of carbonyl (C=O) groups is 1. The predicted molar refractivity (Wildman–Crippen MR) is 64.4 cm³/mol. The van der Waals surface area contributed by atoms with Crippen molar-refractivity contribution in [1.82, 2.24) is 5.32 Å². The summed E-state index contributed by atoms with van der Waals surface area (Å²) in [5, 5.41) is 20.3. The summed E-state index contributed by atoms with van der Waals surface area (Å²) in [6.07, 6.45) is 6.39. The van der Waals surface area contributed by atoms with E-state index >= 15 is 0 Å². The van der Waals surface area contributed by atoms with Crippen LogP contribution in [0.2, 0.25) is 0 Å². The fraction of sp³-hybridized carbons (Fsp3) is 0.154. The maximum absolute atomic E-state index is 10.9. The molecule has 0 saturated heterocycles. The van der Waals surface area contributed by atoms with Crippen LogP contribution in [0.5, 0.6) is 0 Å². The number of allylic oxidation sites excluding steroid dienone is 5. The number of nitrogens with one attached hydrogen (secondary N) is 1. The largest absolute Gasteiger partial charge is 0.496 e. The standard InChI is InChI=1S/C13H11N3O2/c1-9(17)16-11-3-5-12(10(7-14)8-15)13(18-2)6-4-11/h3-6H,1-2H3,(H,16,17). The van der Waals surface area contributed by atoms with Gasteiger partial charge in [0, 0.05) is 18.2 Å². The molecule has 0 unspecified atom stereocenters. The zero-order valence-electron chi connectivity index (χ0n) is 10.0. The Morgan fingerprint density at radius 3 is 2.44 bits per heavy atom. The minimum Gasteiger partial charge on any atom is -0.496 e. The Hall–Kier alpha value is -2.79.